The Hall–Kier alpha value is -1.58. The van der Waals surface area contributed by atoms with Crippen LogP contribution in [0.2, 0.25) is 5.02 Å². The molecule has 2 aromatic rings. The Morgan fingerprint density at radius 1 is 1.16 bits per heavy atom. The molecule has 1 N–H and O–H groups in total. The minimum absolute atomic E-state index is 0.178. The number of halogens is 2. The van der Waals surface area contributed by atoms with Crippen LogP contribution < -0.4 is 5.32 Å². The van der Waals surface area contributed by atoms with Gasteiger partial charge in [-0.05, 0) is 48.0 Å². The molecule has 2 rings (SSSR count). The Balaban J connectivity index is 1.99. The van der Waals surface area contributed by atoms with Gasteiger partial charge in [-0.1, -0.05) is 39.7 Å². The van der Waals surface area contributed by atoms with Gasteiger partial charge in [0, 0.05) is 21.3 Å². The highest BCUT2D eigenvalue weighted by molar-refractivity contribution is 9.10. The molecule has 19 heavy (non-hydrogen) atoms. The maximum absolute atomic E-state index is 11.7. The summed E-state index contributed by atoms with van der Waals surface area (Å²) in [5.41, 5.74) is 1.67. The average Bonchev–Trinajstić information content (AvgIpc) is 2.39. The van der Waals surface area contributed by atoms with E-state index in [1.165, 1.54) is 6.08 Å². The van der Waals surface area contributed by atoms with E-state index in [-0.39, 0.29) is 5.91 Å². The van der Waals surface area contributed by atoms with Crippen LogP contribution in [0.1, 0.15) is 5.56 Å². The lowest BCUT2D eigenvalue weighted by molar-refractivity contribution is -0.111. The third-order valence-corrected chi connectivity index (χ3v) is 3.13. The van der Waals surface area contributed by atoms with Gasteiger partial charge in [0.2, 0.25) is 5.91 Å². The lowest BCUT2D eigenvalue weighted by atomic mass is 10.2. The molecule has 1 amide bonds. The third-order valence-electron chi connectivity index (χ3n) is 2.39. The predicted molar refractivity (Wildman–Crippen MR) is 83.3 cm³/mol. The van der Waals surface area contributed by atoms with Gasteiger partial charge in [0.25, 0.3) is 0 Å². The molecular weight excluding hydrogens is 326 g/mol. The first kappa shape index (κ1) is 13.8. The first-order chi connectivity index (χ1) is 9.13. The van der Waals surface area contributed by atoms with Crippen LogP contribution in [0, 0.1) is 0 Å². The van der Waals surface area contributed by atoms with Crippen molar-refractivity contribution in [2.24, 2.45) is 0 Å². The van der Waals surface area contributed by atoms with Crippen LogP contribution in [-0.2, 0) is 4.79 Å². The van der Waals surface area contributed by atoms with Crippen molar-refractivity contribution in [3.8, 4) is 0 Å². The van der Waals surface area contributed by atoms with Crippen LogP contribution in [-0.4, -0.2) is 5.91 Å². The predicted octanol–water partition coefficient (Wildman–Crippen LogP) is 4.75. The molecule has 0 aliphatic carbocycles. The Morgan fingerprint density at radius 3 is 2.58 bits per heavy atom. The summed E-state index contributed by atoms with van der Waals surface area (Å²) in [7, 11) is 0. The molecule has 0 radical (unpaired) electrons. The van der Waals surface area contributed by atoms with Gasteiger partial charge in [0.05, 0.1) is 0 Å². The van der Waals surface area contributed by atoms with Gasteiger partial charge >= 0.3 is 0 Å². The largest absolute Gasteiger partial charge is 0.323 e. The molecule has 0 unspecified atom stereocenters. The Morgan fingerprint density at radius 2 is 1.89 bits per heavy atom. The number of amides is 1. The lowest BCUT2D eigenvalue weighted by Crippen LogP contribution is -2.07. The topological polar surface area (TPSA) is 29.1 Å². The second-order valence-corrected chi connectivity index (χ2v) is 5.24. The molecule has 96 valence electrons. The van der Waals surface area contributed by atoms with Crippen molar-refractivity contribution in [2.45, 2.75) is 0 Å². The van der Waals surface area contributed by atoms with Crippen LogP contribution in [0.5, 0.6) is 0 Å². The highest BCUT2D eigenvalue weighted by Gasteiger charge is 1.97. The van der Waals surface area contributed by atoms with E-state index < -0.39 is 0 Å². The van der Waals surface area contributed by atoms with Crippen LogP contribution in [0.15, 0.2) is 59.1 Å². The molecule has 0 aliphatic rings. The second-order valence-electron chi connectivity index (χ2n) is 3.88. The number of hydrogen-bond acceptors (Lipinski definition) is 1. The van der Waals surface area contributed by atoms with Gasteiger partial charge in [-0.25, -0.2) is 0 Å². The molecule has 0 spiro atoms. The summed E-state index contributed by atoms with van der Waals surface area (Å²) in [5, 5.41) is 3.40. The average molecular weight is 337 g/mol. The number of carbonyl (C=O) groups is 1. The van der Waals surface area contributed by atoms with Crippen molar-refractivity contribution < 1.29 is 4.79 Å². The molecule has 2 aromatic carbocycles. The zero-order chi connectivity index (χ0) is 13.7. The van der Waals surface area contributed by atoms with Crippen molar-refractivity contribution >= 4 is 45.2 Å². The van der Waals surface area contributed by atoms with Crippen LogP contribution in [0.3, 0.4) is 0 Å². The lowest BCUT2D eigenvalue weighted by Gasteiger charge is -2.01. The summed E-state index contributed by atoms with van der Waals surface area (Å²) >= 11 is 9.16. The van der Waals surface area contributed by atoms with Crippen molar-refractivity contribution in [2.75, 3.05) is 5.32 Å². The summed E-state index contributed by atoms with van der Waals surface area (Å²) in [4.78, 5) is 11.7. The normalized spacial score (nSPS) is 10.6. The highest BCUT2D eigenvalue weighted by atomic mass is 79.9. The minimum Gasteiger partial charge on any atom is -0.323 e. The summed E-state index contributed by atoms with van der Waals surface area (Å²) in [6.45, 7) is 0. The van der Waals surface area contributed by atoms with Crippen molar-refractivity contribution in [3.05, 3.63) is 69.7 Å². The number of carbonyl (C=O) groups excluding carboxylic acids is 1. The molecule has 0 fully saturated rings. The minimum atomic E-state index is -0.178. The smallest absolute Gasteiger partial charge is 0.248 e. The molecule has 2 nitrogen and oxygen atoms in total. The number of nitrogens with one attached hydrogen (secondary N) is 1. The summed E-state index contributed by atoms with van der Waals surface area (Å²) < 4.78 is 0.979. The number of rotatable bonds is 3. The first-order valence-electron chi connectivity index (χ1n) is 5.64. The molecule has 0 saturated heterocycles. The van der Waals surface area contributed by atoms with E-state index in [1.54, 1.807) is 30.3 Å². The Kier molecular flexibility index (Phi) is 4.77. The van der Waals surface area contributed by atoms with Crippen molar-refractivity contribution in [3.63, 3.8) is 0 Å². The van der Waals surface area contributed by atoms with Crippen molar-refractivity contribution in [1.82, 2.24) is 0 Å². The maximum atomic E-state index is 11.7. The quantitative estimate of drug-likeness (QED) is 0.805. The summed E-state index contributed by atoms with van der Waals surface area (Å²) in [6.07, 6.45) is 3.26. The van der Waals surface area contributed by atoms with E-state index in [4.69, 9.17) is 11.6 Å². The molecular formula is C15H11BrClNO. The number of benzene rings is 2. The fourth-order valence-electron chi connectivity index (χ4n) is 1.50. The summed E-state index contributed by atoms with van der Waals surface area (Å²) in [5.74, 6) is -0.178. The molecule has 0 aromatic heterocycles. The molecule has 0 bridgehead atoms. The van der Waals surface area contributed by atoms with Crippen LogP contribution >= 0.6 is 27.5 Å². The molecule has 4 heteroatoms. The molecule has 0 atom stereocenters. The van der Waals surface area contributed by atoms with Gasteiger partial charge < -0.3 is 5.32 Å². The molecule has 0 aliphatic heterocycles. The number of hydrogen-bond donors (Lipinski definition) is 1. The standard InChI is InChI=1S/C15H11BrClNO/c16-12-3-1-2-11(10-12)4-9-15(19)18-14-7-5-13(17)6-8-14/h1-10H,(H,18,19)/b9-4+. The Bertz CT molecular complexity index is 608. The second kappa shape index (κ2) is 6.55. The fraction of sp³-hybridized carbons (Fsp3) is 0. The van der Waals surface area contributed by atoms with E-state index >= 15 is 0 Å². The van der Waals surface area contributed by atoms with E-state index in [0.717, 1.165) is 10.0 Å². The van der Waals surface area contributed by atoms with Crippen LogP contribution in [0.4, 0.5) is 5.69 Å². The highest BCUT2D eigenvalue weighted by Crippen LogP contribution is 2.14. The van der Waals surface area contributed by atoms with Crippen LogP contribution in [0.25, 0.3) is 6.08 Å². The monoisotopic (exact) mass is 335 g/mol. The Labute approximate surface area is 125 Å². The number of anilines is 1. The zero-order valence-electron chi connectivity index (χ0n) is 9.94. The molecule has 0 saturated carbocycles. The molecule has 0 heterocycles. The summed E-state index contributed by atoms with van der Waals surface area (Å²) in [6, 6.07) is 14.7. The van der Waals surface area contributed by atoms with Gasteiger partial charge in [0.1, 0.15) is 0 Å². The van der Waals surface area contributed by atoms with Gasteiger partial charge in [-0.2, -0.15) is 0 Å². The van der Waals surface area contributed by atoms with E-state index in [9.17, 15) is 4.79 Å². The van der Waals surface area contributed by atoms with E-state index in [2.05, 4.69) is 21.2 Å². The van der Waals surface area contributed by atoms with Gasteiger partial charge in [-0.3, -0.25) is 4.79 Å². The fourth-order valence-corrected chi connectivity index (χ4v) is 2.04. The van der Waals surface area contributed by atoms with E-state index in [0.29, 0.717) is 10.7 Å². The van der Waals surface area contributed by atoms with Crippen molar-refractivity contribution in [1.29, 1.82) is 0 Å². The van der Waals surface area contributed by atoms with E-state index in [1.807, 2.05) is 24.3 Å². The first-order valence-corrected chi connectivity index (χ1v) is 6.81. The third kappa shape index (κ3) is 4.54. The van der Waals surface area contributed by atoms with Gasteiger partial charge in [0.15, 0.2) is 0 Å². The maximum Gasteiger partial charge on any atom is 0.248 e. The van der Waals surface area contributed by atoms with Gasteiger partial charge in [-0.15, -0.1) is 0 Å². The SMILES string of the molecule is O=C(/C=C/c1cccc(Br)c1)Nc1ccc(Cl)cc1. The zero-order valence-corrected chi connectivity index (χ0v) is 12.3.